The van der Waals surface area contributed by atoms with Gasteiger partial charge in [-0.05, 0) is 24.3 Å². The molecule has 16 heavy (non-hydrogen) atoms. The van der Waals surface area contributed by atoms with E-state index in [4.69, 9.17) is 16.3 Å². The second-order valence-electron chi connectivity index (χ2n) is 2.98. The Labute approximate surface area is 95.5 Å². The summed E-state index contributed by atoms with van der Waals surface area (Å²) < 4.78 is 30.7. The molecule has 0 saturated carbocycles. The average molecular weight is 242 g/mol. The van der Waals surface area contributed by atoms with Crippen molar-refractivity contribution in [3.8, 4) is 11.6 Å². The smallest absolute Gasteiger partial charge is 0.221 e. The molecular weight excluding hydrogens is 236 g/mol. The van der Waals surface area contributed by atoms with E-state index in [0.717, 1.165) is 6.07 Å². The van der Waals surface area contributed by atoms with Crippen molar-refractivity contribution < 1.29 is 13.5 Å². The van der Waals surface area contributed by atoms with Crippen molar-refractivity contribution in [2.45, 2.75) is 0 Å². The fourth-order valence-electron chi connectivity index (χ4n) is 1.12. The summed E-state index contributed by atoms with van der Waals surface area (Å²) in [5, 5.41) is 0.103. The summed E-state index contributed by atoms with van der Waals surface area (Å²) in [6.45, 7) is 0. The maximum absolute atomic E-state index is 12.8. The molecule has 2 nitrogen and oxygen atoms in total. The number of halogens is 3. The zero-order chi connectivity index (χ0) is 11.5. The Balaban J connectivity index is 2.27. The quantitative estimate of drug-likeness (QED) is 0.746. The van der Waals surface area contributed by atoms with E-state index in [1.54, 1.807) is 0 Å². The minimum Gasteiger partial charge on any atom is -0.437 e. The second kappa shape index (κ2) is 4.45. The summed E-state index contributed by atoms with van der Waals surface area (Å²) in [5.74, 6) is -0.838. The van der Waals surface area contributed by atoms with E-state index < -0.39 is 11.8 Å². The number of aromatic nitrogens is 1. The molecule has 0 aliphatic heterocycles. The number of rotatable bonds is 2. The number of ether oxygens (including phenoxy) is 1. The third-order valence-corrected chi connectivity index (χ3v) is 2.09. The summed E-state index contributed by atoms with van der Waals surface area (Å²) in [6.07, 6.45) is 0. The van der Waals surface area contributed by atoms with E-state index in [9.17, 15) is 8.78 Å². The van der Waals surface area contributed by atoms with E-state index in [0.29, 0.717) is 0 Å². The van der Waals surface area contributed by atoms with Crippen molar-refractivity contribution in [1.29, 1.82) is 0 Å². The zero-order valence-electron chi connectivity index (χ0n) is 7.95. The summed E-state index contributed by atoms with van der Waals surface area (Å²) in [6, 6.07) is 7.78. The van der Waals surface area contributed by atoms with E-state index in [1.165, 1.54) is 30.3 Å². The van der Waals surface area contributed by atoms with Crippen LogP contribution >= 0.6 is 11.6 Å². The number of hydrogen-bond donors (Lipinski definition) is 0. The lowest BCUT2D eigenvalue weighted by atomic mass is 10.3. The Kier molecular flexibility index (Phi) is 3.01. The van der Waals surface area contributed by atoms with Gasteiger partial charge in [0.05, 0.1) is 5.02 Å². The zero-order valence-corrected chi connectivity index (χ0v) is 8.71. The summed E-state index contributed by atoms with van der Waals surface area (Å²) in [5.41, 5.74) is 0. The van der Waals surface area contributed by atoms with Crippen LogP contribution in [0.3, 0.4) is 0 Å². The van der Waals surface area contributed by atoms with Crippen LogP contribution in [0.2, 0.25) is 5.02 Å². The van der Waals surface area contributed by atoms with E-state index in [2.05, 4.69) is 4.98 Å². The summed E-state index contributed by atoms with van der Waals surface area (Å²) >= 11 is 5.73. The normalized spacial score (nSPS) is 10.2. The van der Waals surface area contributed by atoms with Gasteiger partial charge in [-0.25, -0.2) is 4.39 Å². The Hall–Kier alpha value is -1.68. The van der Waals surface area contributed by atoms with Crippen molar-refractivity contribution in [1.82, 2.24) is 4.98 Å². The molecule has 0 radical (unpaired) electrons. The standard InChI is InChI=1S/C11H6ClF2NO/c12-8-6-7(13)4-5-9(8)16-11-3-1-2-10(14)15-11/h1-6H. The van der Waals surface area contributed by atoms with Gasteiger partial charge < -0.3 is 4.74 Å². The van der Waals surface area contributed by atoms with Gasteiger partial charge >= 0.3 is 0 Å². The highest BCUT2D eigenvalue weighted by Gasteiger charge is 2.05. The first-order valence-electron chi connectivity index (χ1n) is 4.40. The van der Waals surface area contributed by atoms with Crippen LogP contribution in [0.25, 0.3) is 0 Å². The van der Waals surface area contributed by atoms with E-state index in [1.807, 2.05) is 0 Å². The van der Waals surface area contributed by atoms with Gasteiger partial charge in [-0.2, -0.15) is 9.37 Å². The third kappa shape index (κ3) is 2.46. The van der Waals surface area contributed by atoms with Gasteiger partial charge in [0, 0.05) is 6.07 Å². The van der Waals surface area contributed by atoms with Crippen molar-refractivity contribution in [3.05, 3.63) is 53.2 Å². The van der Waals surface area contributed by atoms with Crippen molar-refractivity contribution >= 4 is 11.6 Å². The molecule has 0 amide bonds. The van der Waals surface area contributed by atoms with Crippen LogP contribution in [0, 0.1) is 11.8 Å². The van der Waals surface area contributed by atoms with Gasteiger partial charge in [0.25, 0.3) is 0 Å². The topological polar surface area (TPSA) is 22.1 Å². The molecule has 0 aliphatic rings. The molecular formula is C11H6ClF2NO. The molecule has 0 bridgehead atoms. The molecule has 0 spiro atoms. The molecule has 0 atom stereocenters. The molecule has 0 saturated heterocycles. The molecule has 1 heterocycles. The van der Waals surface area contributed by atoms with Gasteiger partial charge in [0.2, 0.25) is 11.8 Å². The average Bonchev–Trinajstić information content (AvgIpc) is 2.22. The molecule has 5 heteroatoms. The van der Waals surface area contributed by atoms with Crippen LogP contribution in [0.15, 0.2) is 36.4 Å². The van der Waals surface area contributed by atoms with Gasteiger partial charge in [-0.15, -0.1) is 0 Å². The lowest BCUT2D eigenvalue weighted by molar-refractivity contribution is 0.444. The van der Waals surface area contributed by atoms with Gasteiger partial charge in [0.15, 0.2) is 0 Å². The van der Waals surface area contributed by atoms with Crippen LogP contribution < -0.4 is 4.74 Å². The van der Waals surface area contributed by atoms with Crippen LogP contribution in [0.1, 0.15) is 0 Å². The minimum atomic E-state index is -0.657. The predicted molar refractivity (Wildman–Crippen MR) is 55.7 cm³/mol. The maximum Gasteiger partial charge on any atom is 0.221 e. The highest BCUT2D eigenvalue weighted by Crippen LogP contribution is 2.28. The van der Waals surface area contributed by atoms with Crippen LogP contribution in [-0.2, 0) is 0 Å². The fourth-order valence-corrected chi connectivity index (χ4v) is 1.32. The predicted octanol–water partition coefficient (Wildman–Crippen LogP) is 3.81. The summed E-state index contributed by atoms with van der Waals surface area (Å²) in [4.78, 5) is 3.49. The lowest BCUT2D eigenvalue weighted by Crippen LogP contribution is -1.90. The highest BCUT2D eigenvalue weighted by molar-refractivity contribution is 6.32. The first-order valence-corrected chi connectivity index (χ1v) is 4.78. The Morgan fingerprint density at radius 2 is 1.94 bits per heavy atom. The van der Waals surface area contributed by atoms with Gasteiger partial charge in [-0.3, -0.25) is 0 Å². The number of nitrogens with zero attached hydrogens (tertiary/aromatic N) is 1. The van der Waals surface area contributed by atoms with Crippen molar-refractivity contribution in [2.24, 2.45) is 0 Å². The third-order valence-electron chi connectivity index (χ3n) is 1.80. The molecule has 0 fully saturated rings. The first kappa shape index (κ1) is 10.8. The van der Waals surface area contributed by atoms with Crippen LogP contribution in [0.5, 0.6) is 11.6 Å². The molecule has 0 unspecified atom stereocenters. The SMILES string of the molecule is Fc1ccc(Oc2cccc(F)n2)c(Cl)c1. The molecule has 1 aromatic heterocycles. The Morgan fingerprint density at radius 1 is 1.12 bits per heavy atom. The Morgan fingerprint density at radius 3 is 2.62 bits per heavy atom. The van der Waals surface area contributed by atoms with E-state index >= 15 is 0 Å². The molecule has 0 N–H and O–H groups in total. The van der Waals surface area contributed by atoms with Crippen molar-refractivity contribution in [3.63, 3.8) is 0 Å². The van der Waals surface area contributed by atoms with Crippen molar-refractivity contribution in [2.75, 3.05) is 0 Å². The molecule has 0 aliphatic carbocycles. The van der Waals surface area contributed by atoms with Crippen LogP contribution in [-0.4, -0.2) is 4.98 Å². The molecule has 2 rings (SSSR count). The number of hydrogen-bond acceptors (Lipinski definition) is 2. The van der Waals surface area contributed by atoms with Gasteiger partial charge in [-0.1, -0.05) is 17.7 Å². The Bertz CT molecular complexity index is 519. The van der Waals surface area contributed by atoms with E-state index in [-0.39, 0.29) is 16.7 Å². The van der Waals surface area contributed by atoms with Crippen LogP contribution in [0.4, 0.5) is 8.78 Å². The largest absolute Gasteiger partial charge is 0.437 e. The number of benzene rings is 1. The highest BCUT2D eigenvalue weighted by atomic mass is 35.5. The molecule has 82 valence electrons. The first-order chi connectivity index (χ1) is 7.65. The van der Waals surface area contributed by atoms with Gasteiger partial charge in [0.1, 0.15) is 11.6 Å². The lowest BCUT2D eigenvalue weighted by Gasteiger charge is -2.06. The monoisotopic (exact) mass is 241 g/mol. The maximum atomic E-state index is 12.8. The fraction of sp³-hybridized carbons (Fsp3) is 0. The number of pyridine rings is 1. The molecule has 1 aromatic carbocycles. The minimum absolute atomic E-state index is 0.0634. The molecule has 2 aromatic rings. The second-order valence-corrected chi connectivity index (χ2v) is 3.38. The summed E-state index contributed by atoms with van der Waals surface area (Å²) in [7, 11) is 0.